The Labute approximate surface area is 80.8 Å². The van der Waals surface area contributed by atoms with Gasteiger partial charge in [-0.05, 0) is 23.2 Å². The SMILES string of the molecule is F[C@]1(Cl)O[C@](F)(Cl)C(Cl)=C1Cl. The first-order valence-corrected chi connectivity index (χ1v) is 3.80. The third-order valence-corrected chi connectivity index (χ3v) is 2.65. The Balaban J connectivity index is 3.09. The van der Waals surface area contributed by atoms with Crippen LogP contribution in [0, 0.1) is 0 Å². The summed E-state index contributed by atoms with van der Waals surface area (Å²) < 4.78 is 29.2. The highest BCUT2D eigenvalue weighted by Gasteiger charge is 2.55. The third-order valence-electron chi connectivity index (χ3n) is 0.960. The predicted octanol–water partition coefficient (Wildman–Crippen LogP) is 3.43. The molecule has 11 heavy (non-hydrogen) atoms. The van der Waals surface area contributed by atoms with E-state index in [2.05, 4.69) is 4.74 Å². The Bertz CT molecular complexity index is 202. The molecular weight excluding hydrogens is 244 g/mol. The lowest BCUT2D eigenvalue weighted by Gasteiger charge is -2.14. The van der Waals surface area contributed by atoms with Gasteiger partial charge in [-0.15, -0.1) is 0 Å². The molecule has 0 radical (unpaired) electrons. The van der Waals surface area contributed by atoms with Crippen molar-refractivity contribution in [3.05, 3.63) is 10.1 Å². The summed E-state index contributed by atoms with van der Waals surface area (Å²) in [5.74, 6) is 0. The summed E-state index contributed by atoms with van der Waals surface area (Å²) in [6.07, 6.45) is 0. The fraction of sp³-hybridized carbons (Fsp3) is 0.500. The molecule has 7 heteroatoms. The van der Waals surface area contributed by atoms with Gasteiger partial charge in [-0.3, -0.25) is 4.74 Å². The summed E-state index contributed by atoms with van der Waals surface area (Å²) in [5, 5.41) is -7.51. The van der Waals surface area contributed by atoms with E-state index in [1.54, 1.807) is 0 Å². The second-order valence-electron chi connectivity index (χ2n) is 1.76. The highest BCUT2D eigenvalue weighted by Crippen LogP contribution is 2.52. The van der Waals surface area contributed by atoms with Crippen LogP contribution in [0.4, 0.5) is 8.78 Å². The monoisotopic (exact) mass is 242 g/mol. The molecule has 0 amide bonds. The molecule has 64 valence electrons. The number of hydrogen-bond donors (Lipinski definition) is 0. The zero-order valence-electron chi connectivity index (χ0n) is 4.68. The Morgan fingerprint density at radius 3 is 1.36 bits per heavy atom. The maximum atomic E-state index is 12.7. The van der Waals surface area contributed by atoms with Crippen molar-refractivity contribution >= 4 is 46.4 Å². The van der Waals surface area contributed by atoms with Gasteiger partial charge in [0.2, 0.25) is 0 Å². The first-order chi connectivity index (χ1) is 4.77. The Morgan fingerprint density at radius 1 is 1.00 bits per heavy atom. The molecule has 0 aromatic heterocycles. The molecular formula is C4Cl4F2O. The van der Waals surface area contributed by atoms with Crippen LogP contribution in [-0.4, -0.2) is 10.6 Å². The van der Waals surface area contributed by atoms with Crippen molar-refractivity contribution in [3.63, 3.8) is 0 Å². The molecule has 2 atom stereocenters. The van der Waals surface area contributed by atoms with Gasteiger partial charge >= 0.3 is 10.6 Å². The molecule has 0 bridgehead atoms. The molecule has 0 fully saturated rings. The van der Waals surface area contributed by atoms with Crippen LogP contribution in [0.15, 0.2) is 10.1 Å². The van der Waals surface area contributed by atoms with Crippen LogP contribution >= 0.6 is 46.4 Å². The zero-order chi connectivity index (χ0) is 8.86. The minimum Gasteiger partial charge on any atom is -0.274 e. The van der Waals surface area contributed by atoms with E-state index in [-0.39, 0.29) is 0 Å². The Hall–Kier alpha value is 0.720. The summed E-state index contributed by atoms with van der Waals surface area (Å²) in [5.41, 5.74) is 0. The highest BCUT2D eigenvalue weighted by atomic mass is 35.5. The lowest BCUT2D eigenvalue weighted by molar-refractivity contribution is -0.128. The van der Waals surface area contributed by atoms with E-state index in [0.717, 1.165) is 0 Å². The van der Waals surface area contributed by atoms with Gasteiger partial charge in [0.25, 0.3) is 0 Å². The van der Waals surface area contributed by atoms with Gasteiger partial charge in [-0.25, -0.2) is 0 Å². The normalized spacial score (nSPS) is 45.3. The Kier molecular flexibility index (Phi) is 2.32. The summed E-state index contributed by atoms with van der Waals surface area (Å²) in [6.45, 7) is 0. The van der Waals surface area contributed by atoms with Crippen molar-refractivity contribution in [1.82, 2.24) is 0 Å². The zero-order valence-corrected chi connectivity index (χ0v) is 7.70. The second-order valence-corrected chi connectivity index (χ2v) is 3.49. The van der Waals surface area contributed by atoms with Crippen LogP contribution in [0.2, 0.25) is 0 Å². The van der Waals surface area contributed by atoms with Gasteiger partial charge < -0.3 is 0 Å². The number of rotatable bonds is 0. The van der Waals surface area contributed by atoms with Gasteiger partial charge in [0.05, 0.1) is 0 Å². The quantitative estimate of drug-likeness (QED) is 0.593. The molecule has 1 aliphatic heterocycles. The fourth-order valence-corrected chi connectivity index (χ4v) is 1.36. The second kappa shape index (κ2) is 2.60. The van der Waals surface area contributed by atoms with Crippen molar-refractivity contribution in [2.24, 2.45) is 0 Å². The van der Waals surface area contributed by atoms with Crippen LogP contribution in [0.25, 0.3) is 0 Å². The van der Waals surface area contributed by atoms with Crippen LogP contribution in [0.3, 0.4) is 0 Å². The Morgan fingerprint density at radius 2 is 1.27 bits per heavy atom. The molecule has 1 aliphatic rings. The average molecular weight is 244 g/mol. The number of ether oxygens (including phenoxy) is 1. The van der Waals surface area contributed by atoms with E-state index in [1.807, 2.05) is 0 Å². The summed E-state index contributed by atoms with van der Waals surface area (Å²) in [6, 6.07) is 0. The average Bonchev–Trinajstić information content (AvgIpc) is 1.91. The molecule has 0 saturated heterocycles. The maximum Gasteiger partial charge on any atom is 0.329 e. The molecule has 1 nitrogen and oxygen atoms in total. The number of hydrogen-bond acceptors (Lipinski definition) is 1. The number of alkyl halides is 4. The fourth-order valence-electron chi connectivity index (χ4n) is 0.506. The molecule has 0 spiro atoms. The molecule has 0 aromatic carbocycles. The third kappa shape index (κ3) is 1.58. The topological polar surface area (TPSA) is 9.23 Å². The lowest BCUT2D eigenvalue weighted by atomic mass is 10.5. The largest absolute Gasteiger partial charge is 0.329 e. The summed E-state index contributed by atoms with van der Waals surface area (Å²) in [7, 11) is 0. The predicted molar refractivity (Wildman–Crippen MR) is 39.2 cm³/mol. The highest BCUT2D eigenvalue weighted by molar-refractivity contribution is 6.48. The van der Waals surface area contributed by atoms with Gasteiger partial charge in [0.1, 0.15) is 10.1 Å². The lowest BCUT2D eigenvalue weighted by Crippen LogP contribution is -2.22. The van der Waals surface area contributed by atoms with Gasteiger partial charge in [0, 0.05) is 0 Å². The minimum absolute atomic E-state index is 0.793. The first-order valence-electron chi connectivity index (χ1n) is 2.29. The van der Waals surface area contributed by atoms with Crippen LogP contribution < -0.4 is 0 Å². The standard InChI is InChI=1S/C4Cl4F2O/c5-1-2(6)4(8,10)11-3(1,7)9/t3-,4-/m0/s1. The van der Waals surface area contributed by atoms with E-state index in [9.17, 15) is 8.78 Å². The number of halogens is 6. The van der Waals surface area contributed by atoms with E-state index < -0.39 is 20.7 Å². The minimum atomic E-state index is -2.96. The van der Waals surface area contributed by atoms with Gasteiger partial charge in [-0.1, -0.05) is 23.2 Å². The molecule has 1 heterocycles. The van der Waals surface area contributed by atoms with Crippen molar-refractivity contribution in [2.75, 3.05) is 0 Å². The molecule has 0 unspecified atom stereocenters. The molecule has 0 aliphatic carbocycles. The van der Waals surface area contributed by atoms with Crippen molar-refractivity contribution < 1.29 is 13.5 Å². The molecule has 0 saturated carbocycles. The van der Waals surface area contributed by atoms with Crippen molar-refractivity contribution in [3.8, 4) is 0 Å². The van der Waals surface area contributed by atoms with E-state index in [1.165, 1.54) is 0 Å². The summed E-state index contributed by atoms with van der Waals surface area (Å²) >= 11 is 20.1. The van der Waals surface area contributed by atoms with Crippen LogP contribution in [-0.2, 0) is 4.74 Å². The van der Waals surface area contributed by atoms with E-state index in [0.29, 0.717) is 0 Å². The first kappa shape index (κ1) is 9.81. The molecule has 0 N–H and O–H groups in total. The molecule has 0 aromatic rings. The smallest absolute Gasteiger partial charge is 0.274 e. The summed E-state index contributed by atoms with van der Waals surface area (Å²) in [4.78, 5) is 0. The van der Waals surface area contributed by atoms with Gasteiger partial charge in [0.15, 0.2) is 0 Å². The molecule has 1 rings (SSSR count). The van der Waals surface area contributed by atoms with Crippen LogP contribution in [0.1, 0.15) is 0 Å². The van der Waals surface area contributed by atoms with E-state index >= 15 is 0 Å². The van der Waals surface area contributed by atoms with Gasteiger partial charge in [-0.2, -0.15) is 8.78 Å². The van der Waals surface area contributed by atoms with Crippen LogP contribution in [0.5, 0.6) is 0 Å². The van der Waals surface area contributed by atoms with Crippen molar-refractivity contribution in [2.45, 2.75) is 10.6 Å². The maximum absolute atomic E-state index is 12.7. The van der Waals surface area contributed by atoms with E-state index in [4.69, 9.17) is 46.4 Å². The van der Waals surface area contributed by atoms with Crippen molar-refractivity contribution in [1.29, 1.82) is 0 Å².